The number of likely N-dealkylation sites (tertiary alicyclic amines) is 1. The highest BCUT2D eigenvalue weighted by Gasteiger charge is 2.57. The van der Waals surface area contributed by atoms with Gasteiger partial charge in [-0.05, 0) is 37.1 Å². The Bertz CT molecular complexity index is 440. The molecular weight excluding hydrogens is 254 g/mol. The molecule has 0 aromatic rings. The van der Waals surface area contributed by atoms with Gasteiger partial charge in [-0.2, -0.15) is 0 Å². The van der Waals surface area contributed by atoms with Crippen molar-refractivity contribution in [2.45, 2.75) is 45.1 Å². The Labute approximate surface area is 120 Å². The number of nitrogens with two attached hydrogens (primary N) is 1. The van der Waals surface area contributed by atoms with Gasteiger partial charge in [-0.25, -0.2) is 0 Å². The molecule has 5 nitrogen and oxygen atoms in total. The predicted molar refractivity (Wildman–Crippen MR) is 75.7 cm³/mol. The van der Waals surface area contributed by atoms with Crippen LogP contribution in [0.25, 0.3) is 0 Å². The van der Waals surface area contributed by atoms with Crippen LogP contribution in [-0.2, 0) is 9.59 Å². The second-order valence-corrected chi connectivity index (χ2v) is 7.50. The summed E-state index contributed by atoms with van der Waals surface area (Å²) in [5.74, 6) is 0.792. The molecule has 0 bridgehead atoms. The van der Waals surface area contributed by atoms with Crippen molar-refractivity contribution in [3.8, 4) is 0 Å². The Morgan fingerprint density at radius 1 is 1.45 bits per heavy atom. The van der Waals surface area contributed by atoms with Crippen molar-refractivity contribution in [2.75, 3.05) is 19.6 Å². The Hall–Kier alpha value is -1.10. The summed E-state index contributed by atoms with van der Waals surface area (Å²) >= 11 is 0. The van der Waals surface area contributed by atoms with Crippen LogP contribution in [-0.4, -0.2) is 41.9 Å². The Kier molecular flexibility index (Phi) is 3.08. The lowest BCUT2D eigenvalue weighted by molar-refractivity contribution is -0.171. The van der Waals surface area contributed by atoms with Crippen molar-refractivity contribution >= 4 is 11.8 Å². The molecule has 2 heterocycles. The monoisotopic (exact) mass is 279 g/mol. The van der Waals surface area contributed by atoms with E-state index in [1.54, 1.807) is 0 Å². The van der Waals surface area contributed by atoms with E-state index in [0.29, 0.717) is 18.9 Å². The van der Waals surface area contributed by atoms with E-state index in [1.807, 2.05) is 13.8 Å². The fourth-order valence-electron chi connectivity index (χ4n) is 4.19. The average Bonchev–Trinajstić information content (AvgIpc) is 2.24. The van der Waals surface area contributed by atoms with Crippen molar-refractivity contribution in [2.24, 2.45) is 23.0 Å². The zero-order valence-electron chi connectivity index (χ0n) is 12.4. The number of hydrogen-bond donors (Lipinski definition) is 2. The van der Waals surface area contributed by atoms with Gasteiger partial charge < -0.3 is 16.0 Å². The van der Waals surface area contributed by atoms with E-state index >= 15 is 0 Å². The molecule has 1 aliphatic carbocycles. The van der Waals surface area contributed by atoms with Crippen LogP contribution in [0.4, 0.5) is 0 Å². The van der Waals surface area contributed by atoms with E-state index in [0.717, 1.165) is 32.4 Å². The standard InChI is InChI=1S/C15H25N3O2/c1-14(2)7-12(19)17-9-11(14)13(20)18-4-3-15(18)5-10(6-15)8-16/h10-11H,3-9,16H2,1-2H3,(H,17,19). The summed E-state index contributed by atoms with van der Waals surface area (Å²) in [5, 5.41) is 2.85. The van der Waals surface area contributed by atoms with Crippen molar-refractivity contribution < 1.29 is 9.59 Å². The number of nitrogens with one attached hydrogen (secondary N) is 1. The quantitative estimate of drug-likeness (QED) is 0.772. The largest absolute Gasteiger partial charge is 0.355 e. The number of carbonyl (C=O) groups is 2. The molecular formula is C15H25N3O2. The molecule has 3 rings (SSSR count). The fraction of sp³-hybridized carbons (Fsp3) is 0.867. The van der Waals surface area contributed by atoms with Crippen LogP contribution < -0.4 is 11.1 Å². The first kappa shape index (κ1) is 13.9. The summed E-state index contributed by atoms with van der Waals surface area (Å²) in [6.45, 7) is 6.15. The molecule has 3 fully saturated rings. The SMILES string of the molecule is CC1(C)CC(=O)NCC1C(=O)N1CCC12CC(CN)C2. The number of amides is 2. The molecule has 112 valence electrons. The third kappa shape index (κ3) is 1.94. The van der Waals surface area contributed by atoms with E-state index in [-0.39, 0.29) is 28.7 Å². The molecule has 2 amide bonds. The molecule has 0 radical (unpaired) electrons. The van der Waals surface area contributed by atoms with Gasteiger partial charge in [-0.15, -0.1) is 0 Å². The van der Waals surface area contributed by atoms with E-state index in [2.05, 4.69) is 10.2 Å². The molecule has 1 unspecified atom stereocenters. The van der Waals surface area contributed by atoms with Crippen LogP contribution in [0.3, 0.4) is 0 Å². The smallest absolute Gasteiger partial charge is 0.228 e. The highest BCUT2D eigenvalue weighted by Crippen LogP contribution is 2.51. The number of piperidine rings is 1. The summed E-state index contributed by atoms with van der Waals surface area (Å²) in [6.07, 6.45) is 3.69. The Balaban J connectivity index is 1.69. The minimum Gasteiger partial charge on any atom is -0.355 e. The van der Waals surface area contributed by atoms with Gasteiger partial charge in [0.15, 0.2) is 0 Å². The highest BCUT2D eigenvalue weighted by atomic mass is 16.2. The van der Waals surface area contributed by atoms with Crippen LogP contribution in [0.2, 0.25) is 0 Å². The van der Waals surface area contributed by atoms with Gasteiger partial charge in [0, 0.05) is 25.0 Å². The molecule has 1 saturated carbocycles. The average molecular weight is 279 g/mol. The van der Waals surface area contributed by atoms with E-state index in [1.165, 1.54) is 0 Å². The fourth-order valence-corrected chi connectivity index (χ4v) is 4.19. The van der Waals surface area contributed by atoms with Gasteiger partial charge in [-0.3, -0.25) is 9.59 Å². The topological polar surface area (TPSA) is 75.4 Å². The third-order valence-corrected chi connectivity index (χ3v) is 5.67. The van der Waals surface area contributed by atoms with Crippen LogP contribution >= 0.6 is 0 Å². The number of hydrogen-bond acceptors (Lipinski definition) is 3. The first-order valence-electron chi connectivity index (χ1n) is 7.66. The van der Waals surface area contributed by atoms with Crippen molar-refractivity contribution in [1.29, 1.82) is 0 Å². The lowest BCUT2D eigenvalue weighted by atomic mass is 9.60. The minimum atomic E-state index is -0.243. The highest BCUT2D eigenvalue weighted by molar-refractivity contribution is 5.86. The first-order chi connectivity index (χ1) is 9.38. The van der Waals surface area contributed by atoms with Gasteiger partial charge >= 0.3 is 0 Å². The van der Waals surface area contributed by atoms with Crippen molar-refractivity contribution in [3.05, 3.63) is 0 Å². The summed E-state index contributed by atoms with van der Waals surface area (Å²) in [6, 6.07) is 0. The maximum Gasteiger partial charge on any atom is 0.228 e. The lowest BCUT2D eigenvalue weighted by Crippen LogP contribution is -2.71. The molecule has 3 aliphatic rings. The van der Waals surface area contributed by atoms with Gasteiger partial charge in [0.1, 0.15) is 0 Å². The zero-order chi connectivity index (χ0) is 14.5. The van der Waals surface area contributed by atoms with E-state index in [9.17, 15) is 9.59 Å². The first-order valence-corrected chi connectivity index (χ1v) is 7.66. The lowest BCUT2D eigenvalue weighted by Gasteiger charge is -2.62. The maximum absolute atomic E-state index is 12.8. The van der Waals surface area contributed by atoms with Crippen LogP contribution in [0.1, 0.15) is 39.5 Å². The summed E-state index contributed by atoms with van der Waals surface area (Å²) in [7, 11) is 0. The third-order valence-electron chi connectivity index (χ3n) is 5.67. The van der Waals surface area contributed by atoms with Gasteiger partial charge in [-0.1, -0.05) is 13.8 Å². The summed E-state index contributed by atoms with van der Waals surface area (Å²) in [5.41, 5.74) is 5.57. The normalized spacial score (nSPS) is 39.0. The van der Waals surface area contributed by atoms with Crippen molar-refractivity contribution in [3.63, 3.8) is 0 Å². The molecule has 1 spiro atoms. The zero-order valence-corrected chi connectivity index (χ0v) is 12.4. The molecule has 1 atom stereocenters. The molecule has 0 aromatic carbocycles. The second-order valence-electron chi connectivity index (χ2n) is 7.50. The summed E-state index contributed by atoms with van der Waals surface area (Å²) in [4.78, 5) is 26.4. The molecule has 2 aliphatic heterocycles. The minimum absolute atomic E-state index is 0.0595. The molecule has 2 saturated heterocycles. The maximum atomic E-state index is 12.8. The van der Waals surface area contributed by atoms with Crippen molar-refractivity contribution in [1.82, 2.24) is 10.2 Å². The van der Waals surface area contributed by atoms with Crippen LogP contribution in [0, 0.1) is 17.3 Å². The Morgan fingerprint density at radius 2 is 2.15 bits per heavy atom. The van der Waals surface area contributed by atoms with E-state index < -0.39 is 0 Å². The Morgan fingerprint density at radius 3 is 2.65 bits per heavy atom. The van der Waals surface area contributed by atoms with Crippen LogP contribution in [0.5, 0.6) is 0 Å². The number of rotatable bonds is 2. The van der Waals surface area contributed by atoms with Gasteiger partial charge in [0.2, 0.25) is 11.8 Å². The predicted octanol–water partition coefficient (Wildman–Crippen LogP) is 0.489. The molecule has 0 aromatic heterocycles. The van der Waals surface area contributed by atoms with Crippen LogP contribution in [0.15, 0.2) is 0 Å². The molecule has 5 heteroatoms. The second kappa shape index (κ2) is 4.45. The number of carbonyl (C=O) groups excluding carboxylic acids is 2. The number of nitrogens with zero attached hydrogens (tertiary/aromatic N) is 1. The molecule has 3 N–H and O–H groups in total. The van der Waals surface area contributed by atoms with Gasteiger partial charge in [0.05, 0.1) is 5.92 Å². The summed E-state index contributed by atoms with van der Waals surface area (Å²) < 4.78 is 0. The van der Waals surface area contributed by atoms with Gasteiger partial charge in [0.25, 0.3) is 0 Å². The van der Waals surface area contributed by atoms with E-state index in [4.69, 9.17) is 5.73 Å². The molecule has 20 heavy (non-hydrogen) atoms.